The van der Waals surface area contributed by atoms with Crippen LogP contribution in [-0.4, -0.2) is 52.8 Å². The largest absolute Gasteiger partial charge is 0.465 e. The number of carbonyl (C=O) groups is 2. The third-order valence-electron chi connectivity index (χ3n) is 3.36. The van der Waals surface area contributed by atoms with Gasteiger partial charge in [0.25, 0.3) is 0 Å². The molecule has 0 bridgehead atoms. The van der Waals surface area contributed by atoms with E-state index in [1.54, 1.807) is 19.1 Å². The molecular formula is C15H18FN3O4. The Balaban J connectivity index is 1.94. The van der Waals surface area contributed by atoms with Crippen molar-refractivity contribution in [2.45, 2.75) is 19.4 Å². The van der Waals surface area contributed by atoms with Crippen LogP contribution < -0.4 is 5.32 Å². The van der Waals surface area contributed by atoms with Gasteiger partial charge in [0, 0.05) is 25.3 Å². The topological polar surface area (TPSA) is 91.8 Å². The number of nitrogens with one attached hydrogen (secondary N) is 1. The zero-order chi connectivity index (χ0) is 16.8. The molecular weight excluding hydrogens is 305 g/mol. The molecule has 0 spiro atoms. The molecule has 2 heterocycles. The number of anilines is 1. The maximum Gasteiger partial charge on any atom is 0.407 e. The normalized spacial score (nSPS) is 17.9. The van der Waals surface area contributed by atoms with Gasteiger partial charge in [0.05, 0.1) is 6.61 Å². The molecule has 23 heavy (non-hydrogen) atoms. The lowest BCUT2D eigenvalue weighted by atomic mass is 10.2. The van der Waals surface area contributed by atoms with Crippen molar-refractivity contribution < 1.29 is 23.8 Å². The molecule has 0 aliphatic carbocycles. The van der Waals surface area contributed by atoms with Crippen LogP contribution in [0.3, 0.4) is 0 Å². The Bertz CT molecular complexity index is 603. The zero-order valence-corrected chi connectivity index (χ0v) is 12.7. The molecule has 1 saturated heterocycles. The molecule has 7 nitrogen and oxygen atoms in total. The monoisotopic (exact) mass is 323 g/mol. The number of pyridine rings is 1. The highest BCUT2D eigenvalue weighted by Crippen LogP contribution is 2.16. The van der Waals surface area contributed by atoms with E-state index < -0.39 is 17.9 Å². The van der Waals surface area contributed by atoms with Gasteiger partial charge in [-0.15, -0.1) is 0 Å². The van der Waals surface area contributed by atoms with Gasteiger partial charge < -0.3 is 20.1 Å². The Morgan fingerprint density at radius 1 is 1.57 bits per heavy atom. The summed E-state index contributed by atoms with van der Waals surface area (Å²) in [5.74, 6) is -1.42. The van der Waals surface area contributed by atoms with E-state index >= 15 is 0 Å². The molecule has 1 fully saturated rings. The number of hydrogen-bond acceptors (Lipinski definition) is 5. The fraction of sp³-hybridized carbons (Fsp3) is 0.400. The predicted molar refractivity (Wildman–Crippen MR) is 81.6 cm³/mol. The van der Waals surface area contributed by atoms with Crippen molar-refractivity contribution in [2.75, 3.05) is 25.0 Å². The van der Waals surface area contributed by atoms with Crippen LogP contribution in [0.15, 0.2) is 24.2 Å². The second-order valence-corrected chi connectivity index (χ2v) is 5.05. The first-order chi connectivity index (χ1) is 11.0. The van der Waals surface area contributed by atoms with Gasteiger partial charge in [-0.2, -0.15) is 4.39 Å². The molecule has 124 valence electrons. The van der Waals surface area contributed by atoms with E-state index in [1.165, 1.54) is 11.1 Å². The first kappa shape index (κ1) is 16.7. The highest BCUT2D eigenvalue weighted by molar-refractivity contribution is 5.91. The lowest BCUT2D eigenvalue weighted by molar-refractivity contribution is -0.140. The maximum absolute atomic E-state index is 13.5. The Labute approximate surface area is 132 Å². The van der Waals surface area contributed by atoms with Gasteiger partial charge in [0.1, 0.15) is 5.82 Å². The SMILES string of the molecule is CCOC(=O)/C(F)=C/c1ccc(N[C@@H]2CCN(C(=O)O)C2)nc1. The Morgan fingerprint density at radius 3 is 2.91 bits per heavy atom. The summed E-state index contributed by atoms with van der Waals surface area (Å²) in [6, 6.07) is 3.25. The Hall–Kier alpha value is -2.64. The number of nitrogens with zero attached hydrogens (tertiary/aromatic N) is 2. The van der Waals surface area contributed by atoms with Crippen molar-refractivity contribution in [1.82, 2.24) is 9.88 Å². The van der Waals surface area contributed by atoms with Crippen LogP contribution in [0.5, 0.6) is 0 Å². The summed E-state index contributed by atoms with van der Waals surface area (Å²) in [5.41, 5.74) is 0.430. The smallest absolute Gasteiger partial charge is 0.407 e. The van der Waals surface area contributed by atoms with Crippen molar-refractivity contribution >= 4 is 24.0 Å². The summed E-state index contributed by atoms with van der Waals surface area (Å²) in [7, 11) is 0. The number of carbonyl (C=O) groups excluding carboxylic acids is 1. The van der Waals surface area contributed by atoms with Gasteiger partial charge in [-0.1, -0.05) is 0 Å². The van der Waals surface area contributed by atoms with E-state index in [1.807, 2.05) is 0 Å². The van der Waals surface area contributed by atoms with E-state index in [-0.39, 0.29) is 12.6 Å². The van der Waals surface area contributed by atoms with E-state index in [2.05, 4.69) is 15.0 Å². The van der Waals surface area contributed by atoms with Crippen molar-refractivity contribution in [3.63, 3.8) is 0 Å². The zero-order valence-electron chi connectivity index (χ0n) is 12.7. The van der Waals surface area contributed by atoms with Gasteiger partial charge in [-0.25, -0.2) is 14.6 Å². The first-order valence-electron chi connectivity index (χ1n) is 7.24. The van der Waals surface area contributed by atoms with Crippen molar-refractivity contribution in [3.8, 4) is 0 Å². The maximum atomic E-state index is 13.5. The summed E-state index contributed by atoms with van der Waals surface area (Å²) < 4.78 is 18.0. The molecule has 0 aromatic carbocycles. The molecule has 1 atom stereocenters. The van der Waals surface area contributed by atoms with Gasteiger partial charge in [-0.3, -0.25) is 0 Å². The molecule has 1 amide bonds. The van der Waals surface area contributed by atoms with Crippen LogP contribution in [0.4, 0.5) is 15.0 Å². The van der Waals surface area contributed by atoms with Crippen LogP contribution in [0.2, 0.25) is 0 Å². The molecule has 1 aliphatic heterocycles. The average Bonchev–Trinajstić information content (AvgIpc) is 2.98. The fourth-order valence-corrected chi connectivity index (χ4v) is 2.24. The van der Waals surface area contributed by atoms with Crippen LogP contribution in [0.25, 0.3) is 6.08 Å². The minimum atomic E-state index is -1.01. The summed E-state index contributed by atoms with van der Waals surface area (Å²) in [4.78, 5) is 27.5. The summed E-state index contributed by atoms with van der Waals surface area (Å²) in [6.07, 6.45) is 2.24. The Morgan fingerprint density at radius 2 is 2.35 bits per heavy atom. The van der Waals surface area contributed by atoms with Gasteiger partial charge >= 0.3 is 12.1 Å². The molecule has 1 aromatic heterocycles. The van der Waals surface area contributed by atoms with Crippen molar-refractivity contribution in [2.24, 2.45) is 0 Å². The number of rotatable bonds is 5. The highest BCUT2D eigenvalue weighted by atomic mass is 19.1. The molecule has 2 rings (SSSR count). The van der Waals surface area contributed by atoms with E-state index in [0.717, 1.165) is 6.08 Å². The summed E-state index contributed by atoms with van der Waals surface area (Å²) >= 11 is 0. The van der Waals surface area contributed by atoms with Crippen LogP contribution >= 0.6 is 0 Å². The number of amides is 1. The lowest BCUT2D eigenvalue weighted by Gasteiger charge is -2.14. The molecule has 1 aliphatic rings. The van der Waals surface area contributed by atoms with Crippen molar-refractivity contribution in [1.29, 1.82) is 0 Å². The van der Waals surface area contributed by atoms with Crippen LogP contribution in [0.1, 0.15) is 18.9 Å². The minimum Gasteiger partial charge on any atom is -0.465 e. The van der Waals surface area contributed by atoms with Crippen molar-refractivity contribution in [3.05, 3.63) is 29.7 Å². The first-order valence-corrected chi connectivity index (χ1v) is 7.24. The van der Waals surface area contributed by atoms with E-state index in [0.29, 0.717) is 30.9 Å². The van der Waals surface area contributed by atoms with E-state index in [4.69, 9.17) is 5.11 Å². The van der Waals surface area contributed by atoms with E-state index in [9.17, 15) is 14.0 Å². The number of esters is 1. The molecule has 8 heteroatoms. The van der Waals surface area contributed by atoms with Gasteiger partial charge in [0.2, 0.25) is 5.83 Å². The van der Waals surface area contributed by atoms with Gasteiger partial charge in [-0.05, 0) is 37.1 Å². The Kier molecular flexibility index (Phi) is 5.51. The molecule has 0 saturated carbocycles. The molecule has 2 N–H and O–H groups in total. The van der Waals surface area contributed by atoms with Crippen LogP contribution in [0, 0.1) is 0 Å². The minimum absolute atomic E-state index is 0.00346. The predicted octanol–water partition coefficient (Wildman–Crippen LogP) is 2.12. The van der Waals surface area contributed by atoms with Gasteiger partial charge in [0.15, 0.2) is 0 Å². The second-order valence-electron chi connectivity index (χ2n) is 5.05. The standard InChI is InChI=1S/C15H18FN3O4/c1-2-23-14(20)12(16)7-10-3-4-13(17-8-10)18-11-5-6-19(9-11)15(21)22/h3-4,7-8,11H,2,5-6,9H2,1H3,(H,17,18)(H,21,22)/b12-7-/t11-/m1/s1. The summed E-state index contributed by atoms with van der Waals surface area (Å²) in [5, 5.41) is 12.0. The number of likely N-dealkylation sites (tertiary alicyclic amines) is 1. The number of hydrogen-bond donors (Lipinski definition) is 2. The third-order valence-corrected chi connectivity index (χ3v) is 3.36. The number of aromatic nitrogens is 1. The second kappa shape index (κ2) is 7.57. The molecule has 0 unspecified atom stereocenters. The highest BCUT2D eigenvalue weighted by Gasteiger charge is 2.25. The fourth-order valence-electron chi connectivity index (χ4n) is 2.24. The summed E-state index contributed by atoms with van der Waals surface area (Å²) in [6.45, 7) is 2.59. The number of halogens is 1. The average molecular weight is 323 g/mol. The quantitative estimate of drug-likeness (QED) is 0.637. The van der Waals surface area contributed by atoms with Crippen LogP contribution in [-0.2, 0) is 9.53 Å². The number of ether oxygens (including phenoxy) is 1. The number of carboxylic acid groups (broad SMARTS) is 1. The third kappa shape index (κ3) is 4.67. The molecule has 0 radical (unpaired) electrons. The lowest BCUT2D eigenvalue weighted by Crippen LogP contribution is -2.30. The molecule has 1 aromatic rings.